The average molecular weight is 286 g/mol. The fourth-order valence-corrected chi connectivity index (χ4v) is 4.59. The van der Waals surface area contributed by atoms with Crippen molar-refractivity contribution in [2.45, 2.75) is 63.6 Å². The summed E-state index contributed by atoms with van der Waals surface area (Å²) in [7, 11) is 1.80. The summed E-state index contributed by atoms with van der Waals surface area (Å²) in [5.74, 6) is 0.440. The van der Waals surface area contributed by atoms with Crippen molar-refractivity contribution in [3.63, 3.8) is 0 Å². The Balaban J connectivity index is 2.86. The van der Waals surface area contributed by atoms with Gasteiger partial charge in [-0.2, -0.15) is 0 Å². The Morgan fingerprint density at radius 1 is 1.26 bits per heavy atom. The zero-order valence-electron chi connectivity index (χ0n) is 13.2. The van der Waals surface area contributed by atoms with Crippen LogP contribution in [0.25, 0.3) is 0 Å². The second-order valence-corrected chi connectivity index (χ2v) is 10.9. The molecule has 1 fully saturated rings. The Morgan fingerprint density at radius 2 is 1.89 bits per heavy atom. The minimum absolute atomic E-state index is 0.146. The number of methoxy groups -OCH3 is 2. The van der Waals surface area contributed by atoms with E-state index in [4.69, 9.17) is 13.9 Å². The van der Waals surface area contributed by atoms with E-state index in [2.05, 4.69) is 26.2 Å². The molecule has 0 saturated heterocycles. The fraction of sp³-hybridized carbons (Fsp3) is 0.867. The summed E-state index contributed by atoms with van der Waals surface area (Å²) < 4.78 is 17.3. The summed E-state index contributed by atoms with van der Waals surface area (Å²) in [6, 6.07) is 0. The fourth-order valence-electron chi connectivity index (χ4n) is 3.09. The van der Waals surface area contributed by atoms with Crippen LogP contribution in [0.5, 0.6) is 0 Å². The zero-order valence-corrected chi connectivity index (χ0v) is 14.2. The lowest BCUT2D eigenvalue weighted by Crippen LogP contribution is -2.49. The summed E-state index contributed by atoms with van der Waals surface area (Å²) in [4.78, 5) is 0. The summed E-state index contributed by atoms with van der Waals surface area (Å²) >= 11 is 0. The van der Waals surface area contributed by atoms with Crippen LogP contribution in [-0.4, -0.2) is 34.4 Å². The molecule has 1 rings (SSSR count). The summed E-state index contributed by atoms with van der Waals surface area (Å²) in [6.45, 7) is 10.8. The van der Waals surface area contributed by atoms with Gasteiger partial charge < -0.3 is 13.9 Å². The van der Waals surface area contributed by atoms with E-state index in [0.717, 1.165) is 12.8 Å². The van der Waals surface area contributed by atoms with Crippen molar-refractivity contribution in [1.82, 2.24) is 0 Å². The molecule has 0 amide bonds. The van der Waals surface area contributed by atoms with Crippen molar-refractivity contribution < 1.29 is 13.9 Å². The maximum atomic E-state index is 6.53. The Hall–Kier alpha value is -0.163. The molecule has 0 aromatic heterocycles. The predicted octanol–water partition coefficient (Wildman–Crippen LogP) is 3.96. The van der Waals surface area contributed by atoms with Gasteiger partial charge >= 0.3 is 0 Å². The number of rotatable bonds is 7. The van der Waals surface area contributed by atoms with Crippen LogP contribution in [-0.2, 0) is 13.9 Å². The minimum Gasteiger partial charge on any atom is -0.408 e. The van der Waals surface area contributed by atoms with Gasteiger partial charge in [0.05, 0.1) is 5.60 Å². The molecule has 1 aliphatic rings. The summed E-state index contributed by atoms with van der Waals surface area (Å²) in [5, 5.41) is 0. The Bertz CT molecular complexity index is 284. The van der Waals surface area contributed by atoms with E-state index in [1.54, 1.807) is 14.2 Å². The monoisotopic (exact) mass is 286 g/mol. The summed E-state index contributed by atoms with van der Waals surface area (Å²) in [5.41, 5.74) is -0.183. The molecule has 0 bridgehead atoms. The maximum Gasteiger partial charge on any atom is 0.184 e. The van der Waals surface area contributed by atoms with Crippen molar-refractivity contribution in [2.24, 2.45) is 5.92 Å². The molecule has 3 nitrogen and oxygen atoms in total. The zero-order chi connectivity index (χ0) is 14.5. The van der Waals surface area contributed by atoms with Crippen molar-refractivity contribution in [3.8, 4) is 0 Å². The Kier molecular flexibility index (Phi) is 6.24. The molecule has 0 radical (unpaired) electrons. The van der Waals surface area contributed by atoms with E-state index in [1.807, 2.05) is 6.08 Å². The molecule has 4 heteroatoms. The molecule has 0 N–H and O–H groups in total. The highest BCUT2D eigenvalue weighted by Crippen LogP contribution is 2.42. The normalized spacial score (nSPS) is 28.6. The Labute approximate surface area is 119 Å². The predicted molar refractivity (Wildman–Crippen MR) is 81.7 cm³/mol. The first-order valence-electron chi connectivity index (χ1n) is 7.26. The molecule has 1 saturated carbocycles. The molecular weight excluding hydrogens is 256 g/mol. The average Bonchev–Trinajstić information content (AvgIpc) is 2.35. The molecular formula is C15H30O3Si. The molecule has 0 unspecified atom stereocenters. The topological polar surface area (TPSA) is 27.7 Å². The minimum atomic E-state index is -1.60. The molecule has 2 atom stereocenters. The number of hydrogen-bond donors (Lipinski definition) is 0. The third-order valence-electron chi connectivity index (χ3n) is 3.91. The number of hydrogen-bond acceptors (Lipinski definition) is 3. The van der Waals surface area contributed by atoms with Crippen LogP contribution in [0.1, 0.15) is 32.1 Å². The first kappa shape index (κ1) is 16.9. The van der Waals surface area contributed by atoms with E-state index in [0.29, 0.717) is 5.92 Å². The molecule has 0 heterocycles. The second-order valence-electron chi connectivity index (χ2n) is 6.45. The largest absolute Gasteiger partial charge is 0.408 e. The van der Waals surface area contributed by atoms with Gasteiger partial charge in [0, 0.05) is 20.6 Å². The highest BCUT2D eigenvalue weighted by molar-refractivity contribution is 6.69. The first-order valence-corrected chi connectivity index (χ1v) is 10.7. The lowest BCUT2D eigenvalue weighted by atomic mass is 9.73. The van der Waals surface area contributed by atoms with Gasteiger partial charge in [0.2, 0.25) is 0 Å². The van der Waals surface area contributed by atoms with Crippen molar-refractivity contribution in [1.29, 1.82) is 0 Å². The highest BCUT2D eigenvalue weighted by Gasteiger charge is 2.43. The second kappa shape index (κ2) is 7.02. The van der Waals surface area contributed by atoms with Crippen LogP contribution < -0.4 is 0 Å². The van der Waals surface area contributed by atoms with E-state index >= 15 is 0 Å². The van der Waals surface area contributed by atoms with Gasteiger partial charge in [0.15, 0.2) is 14.6 Å². The lowest BCUT2D eigenvalue weighted by molar-refractivity contribution is -0.131. The number of ether oxygens (including phenoxy) is 2. The van der Waals surface area contributed by atoms with Crippen LogP contribution >= 0.6 is 0 Å². The molecule has 0 aromatic carbocycles. The van der Waals surface area contributed by atoms with Crippen LogP contribution in [0.3, 0.4) is 0 Å². The molecule has 0 spiro atoms. The standard InChI is InChI=1S/C15H30O3Si/c1-7-15(18-19(4,5)6)11-9-8-10-13(15)12-14(16-2)17-3/h7,13-14H,1,8-12H2,2-6H3/t13-,15-/m1/s1. The van der Waals surface area contributed by atoms with Gasteiger partial charge in [0.25, 0.3) is 0 Å². The highest BCUT2D eigenvalue weighted by atomic mass is 28.4. The van der Waals surface area contributed by atoms with Crippen molar-refractivity contribution in [3.05, 3.63) is 12.7 Å². The third kappa shape index (κ3) is 4.70. The van der Waals surface area contributed by atoms with Crippen molar-refractivity contribution in [2.75, 3.05) is 14.2 Å². The quantitative estimate of drug-likeness (QED) is 0.403. The van der Waals surface area contributed by atoms with Crippen LogP contribution in [0.2, 0.25) is 19.6 Å². The first-order chi connectivity index (χ1) is 8.87. The van der Waals surface area contributed by atoms with Gasteiger partial charge in [-0.15, -0.1) is 6.58 Å². The smallest absolute Gasteiger partial charge is 0.184 e. The SMILES string of the molecule is C=C[C@@]1(O[Si](C)(C)C)CCCC[C@@H]1CC(OC)OC. The van der Waals surface area contributed by atoms with Crippen LogP contribution in [0.15, 0.2) is 12.7 Å². The van der Waals surface area contributed by atoms with Crippen LogP contribution in [0.4, 0.5) is 0 Å². The van der Waals surface area contributed by atoms with Gasteiger partial charge in [0.1, 0.15) is 0 Å². The summed E-state index contributed by atoms with van der Waals surface area (Å²) in [6.07, 6.45) is 7.49. The lowest BCUT2D eigenvalue weighted by Gasteiger charge is -2.46. The molecule has 0 aliphatic heterocycles. The molecule has 19 heavy (non-hydrogen) atoms. The Morgan fingerprint density at radius 3 is 2.37 bits per heavy atom. The van der Waals surface area contributed by atoms with Gasteiger partial charge in [-0.1, -0.05) is 18.9 Å². The van der Waals surface area contributed by atoms with E-state index in [9.17, 15) is 0 Å². The van der Waals surface area contributed by atoms with E-state index < -0.39 is 8.32 Å². The maximum absolute atomic E-state index is 6.53. The molecule has 1 aliphatic carbocycles. The van der Waals surface area contributed by atoms with Gasteiger partial charge in [-0.25, -0.2) is 0 Å². The van der Waals surface area contributed by atoms with Crippen molar-refractivity contribution >= 4 is 8.32 Å². The van der Waals surface area contributed by atoms with E-state index in [1.165, 1.54) is 19.3 Å². The molecule has 112 valence electrons. The van der Waals surface area contributed by atoms with E-state index in [-0.39, 0.29) is 11.9 Å². The third-order valence-corrected chi connectivity index (χ3v) is 4.90. The van der Waals surface area contributed by atoms with Gasteiger partial charge in [-0.05, 0) is 38.4 Å². The molecule has 0 aromatic rings. The van der Waals surface area contributed by atoms with Crippen LogP contribution in [0, 0.1) is 5.92 Å². The van der Waals surface area contributed by atoms with Gasteiger partial charge in [-0.3, -0.25) is 0 Å².